The molecule has 10 nitrogen and oxygen atoms in total. The Morgan fingerprint density at radius 1 is 1.40 bits per heavy atom. The Bertz CT molecular complexity index is 1050. The lowest BCUT2D eigenvalue weighted by Gasteiger charge is -2.32. The number of H-pyrrole nitrogens is 1. The monoisotopic (exact) mass is 417 g/mol. The molecule has 12 heteroatoms. The van der Waals surface area contributed by atoms with Crippen molar-refractivity contribution in [2.24, 2.45) is 0 Å². The number of carbonyl (C=O) groups is 1. The third kappa shape index (κ3) is 4.36. The number of amides is 1. The van der Waals surface area contributed by atoms with Crippen LogP contribution in [0, 0.1) is 0 Å². The molecule has 0 saturated carbocycles. The number of aromatic amines is 1. The van der Waals surface area contributed by atoms with Crippen molar-refractivity contribution >= 4 is 34.4 Å². The van der Waals surface area contributed by atoms with Gasteiger partial charge in [-0.2, -0.15) is 20.2 Å². The summed E-state index contributed by atoms with van der Waals surface area (Å²) >= 11 is 0. The first-order chi connectivity index (χ1) is 14.5. The van der Waals surface area contributed by atoms with Gasteiger partial charge in [-0.15, -0.1) is 0 Å². The van der Waals surface area contributed by atoms with Crippen LogP contribution in [0.2, 0.25) is 0 Å². The van der Waals surface area contributed by atoms with Crippen molar-refractivity contribution in [3.8, 4) is 0 Å². The van der Waals surface area contributed by atoms with Crippen molar-refractivity contribution in [3.63, 3.8) is 0 Å². The Kier molecular flexibility index (Phi) is 5.55. The number of rotatable bonds is 7. The van der Waals surface area contributed by atoms with Gasteiger partial charge in [0.1, 0.15) is 12.4 Å². The predicted molar refractivity (Wildman–Crippen MR) is 107 cm³/mol. The first-order valence-electron chi connectivity index (χ1n) is 9.48. The molecule has 0 radical (unpaired) electrons. The molecule has 1 amide bonds. The highest BCUT2D eigenvalue weighted by molar-refractivity contribution is 5.88. The van der Waals surface area contributed by atoms with Gasteiger partial charge < -0.3 is 15.5 Å². The number of nitrogens with one attached hydrogen (secondary N) is 3. The SMILES string of the molecule is C=CC(=O)N1CCCC(Nc2nc(Nc3cnn(CC(F)F)c3)nc3[nH]ncc23)C1. The van der Waals surface area contributed by atoms with Crippen LogP contribution in [0.15, 0.2) is 31.2 Å². The molecule has 3 aromatic heterocycles. The predicted octanol–water partition coefficient (Wildman–Crippen LogP) is 2.15. The molecular formula is C18H21F2N9O. The Morgan fingerprint density at radius 2 is 2.27 bits per heavy atom. The van der Waals surface area contributed by atoms with Gasteiger partial charge in [-0.1, -0.05) is 6.58 Å². The summed E-state index contributed by atoms with van der Waals surface area (Å²) in [4.78, 5) is 22.6. The minimum Gasteiger partial charge on any atom is -0.365 e. The molecule has 1 saturated heterocycles. The molecular weight excluding hydrogens is 396 g/mol. The quantitative estimate of drug-likeness (QED) is 0.504. The van der Waals surface area contributed by atoms with E-state index in [1.165, 1.54) is 18.5 Å². The standard InChI is InChI=1S/C18H21F2N9O/c1-2-15(30)28-5-3-4-11(8-28)23-16-13-7-21-27-17(13)26-18(25-16)24-12-6-22-29(9-12)10-14(19)20/h2,6-7,9,11,14H,1,3-5,8,10H2,(H3,21,23,24,25,26,27). The number of halogens is 2. The van der Waals surface area contributed by atoms with E-state index in [9.17, 15) is 13.6 Å². The summed E-state index contributed by atoms with van der Waals surface area (Å²) in [5.41, 5.74) is 1.01. The molecule has 1 atom stereocenters. The molecule has 4 heterocycles. The Balaban J connectivity index is 1.53. The largest absolute Gasteiger partial charge is 0.365 e. The minimum absolute atomic E-state index is 0.0114. The highest BCUT2D eigenvalue weighted by atomic mass is 19.3. The van der Waals surface area contributed by atoms with Gasteiger partial charge in [0.25, 0.3) is 6.43 Å². The third-order valence-electron chi connectivity index (χ3n) is 4.77. The molecule has 1 aliphatic rings. The summed E-state index contributed by atoms with van der Waals surface area (Å²) in [5.74, 6) is 0.732. The zero-order valence-electron chi connectivity index (χ0n) is 16.1. The molecule has 0 bridgehead atoms. The molecule has 0 spiro atoms. The first kappa shape index (κ1) is 19.7. The number of carbonyl (C=O) groups excluding carboxylic acids is 1. The molecule has 3 aromatic rings. The van der Waals surface area contributed by atoms with Crippen LogP contribution >= 0.6 is 0 Å². The second-order valence-electron chi connectivity index (χ2n) is 6.97. The molecule has 0 aromatic carbocycles. The zero-order chi connectivity index (χ0) is 21.1. The van der Waals surface area contributed by atoms with E-state index in [-0.39, 0.29) is 17.9 Å². The number of aromatic nitrogens is 6. The van der Waals surface area contributed by atoms with Crippen LogP contribution in [0.25, 0.3) is 11.0 Å². The molecule has 1 unspecified atom stereocenters. The van der Waals surface area contributed by atoms with Crippen molar-refractivity contribution in [1.82, 2.24) is 34.8 Å². The van der Waals surface area contributed by atoms with Gasteiger partial charge in [0.2, 0.25) is 11.9 Å². The highest BCUT2D eigenvalue weighted by Crippen LogP contribution is 2.24. The summed E-state index contributed by atoms with van der Waals surface area (Å²) in [6.07, 6.45) is 5.08. The van der Waals surface area contributed by atoms with E-state index in [0.717, 1.165) is 17.5 Å². The lowest BCUT2D eigenvalue weighted by Crippen LogP contribution is -2.44. The summed E-state index contributed by atoms with van der Waals surface area (Å²) in [6, 6.07) is 0.0114. The topological polar surface area (TPSA) is 117 Å². The van der Waals surface area contributed by atoms with Crippen LogP contribution in [0.1, 0.15) is 12.8 Å². The summed E-state index contributed by atoms with van der Waals surface area (Å²) in [7, 11) is 0. The highest BCUT2D eigenvalue weighted by Gasteiger charge is 2.23. The molecule has 1 aliphatic heterocycles. The maximum Gasteiger partial charge on any atom is 0.257 e. The fourth-order valence-electron chi connectivity index (χ4n) is 3.42. The Hall–Kier alpha value is -3.57. The summed E-state index contributed by atoms with van der Waals surface area (Å²) in [5, 5.41) is 17.8. The van der Waals surface area contributed by atoms with Gasteiger partial charge >= 0.3 is 0 Å². The lowest BCUT2D eigenvalue weighted by molar-refractivity contribution is -0.127. The Labute approximate surface area is 170 Å². The number of fused-ring (bicyclic) bond motifs is 1. The van der Waals surface area contributed by atoms with Crippen LogP contribution in [0.5, 0.6) is 0 Å². The first-order valence-corrected chi connectivity index (χ1v) is 9.48. The number of hydrogen-bond acceptors (Lipinski definition) is 7. The lowest BCUT2D eigenvalue weighted by atomic mass is 10.1. The molecule has 158 valence electrons. The molecule has 4 rings (SSSR count). The molecule has 0 aliphatic carbocycles. The van der Waals surface area contributed by atoms with Crippen molar-refractivity contribution in [2.75, 3.05) is 23.7 Å². The van der Waals surface area contributed by atoms with E-state index < -0.39 is 13.0 Å². The van der Waals surface area contributed by atoms with Crippen molar-refractivity contribution in [1.29, 1.82) is 0 Å². The van der Waals surface area contributed by atoms with Gasteiger partial charge in [0, 0.05) is 25.3 Å². The zero-order valence-corrected chi connectivity index (χ0v) is 16.1. The average Bonchev–Trinajstić information content (AvgIpc) is 3.36. The Morgan fingerprint density at radius 3 is 3.07 bits per heavy atom. The second-order valence-corrected chi connectivity index (χ2v) is 6.97. The molecule has 30 heavy (non-hydrogen) atoms. The number of hydrogen-bond donors (Lipinski definition) is 3. The van der Waals surface area contributed by atoms with E-state index in [2.05, 4.69) is 42.5 Å². The van der Waals surface area contributed by atoms with E-state index in [1.54, 1.807) is 11.1 Å². The van der Waals surface area contributed by atoms with Gasteiger partial charge in [-0.3, -0.25) is 14.6 Å². The van der Waals surface area contributed by atoms with Crippen LogP contribution in [-0.4, -0.2) is 66.3 Å². The fourth-order valence-corrected chi connectivity index (χ4v) is 3.42. The van der Waals surface area contributed by atoms with Crippen LogP contribution in [0.4, 0.5) is 26.2 Å². The fraction of sp³-hybridized carbons (Fsp3) is 0.389. The third-order valence-corrected chi connectivity index (χ3v) is 4.77. The van der Waals surface area contributed by atoms with E-state index in [4.69, 9.17) is 0 Å². The summed E-state index contributed by atoms with van der Waals surface area (Å²) < 4.78 is 26.2. The van der Waals surface area contributed by atoms with E-state index >= 15 is 0 Å². The van der Waals surface area contributed by atoms with Crippen molar-refractivity contribution < 1.29 is 13.6 Å². The van der Waals surface area contributed by atoms with Gasteiger partial charge in [0.05, 0.1) is 23.5 Å². The maximum absolute atomic E-state index is 12.5. The smallest absolute Gasteiger partial charge is 0.257 e. The summed E-state index contributed by atoms with van der Waals surface area (Å²) in [6.45, 7) is 4.29. The number of piperidine rings is 1. The van der Waals surface area contributed by atoms with Crippen LogP contribution in [-0.2, 0) is 11.3 Å². The van der Waals surface area contributed by atoms with Crippen LogP contribution < -0.4 is 10.6 Å². The van der Waals surface area contributed by atoms with Crippen molar-refractivity contribution in [2.45, 2.75) is 31.9 Å². The van der Waals surface area contributed by atoms with E-state index in [1.807, 2.05) is 0 Å². The number of anilines is 3. The number of likely N-dealkylation sites (tertiary alicyclic amines) is 1. The van der Waals surface area contributed by atoms with Gasteiger partial charge in [-0.05, 0) is 18.9 Å². The minimum atomic E-state index is -2.49. The molecule has 3 N–H and O–H groups in total. The average molecular weight is 417 g/mol. The van der Waals surface area contributed by atoms with Gasteiger partial charge in [-0.25, -0.2) is 8.78 Å². The number of alkyl halides is 2. The van der Waals surface area contributed by atoms with E-state index in [0.29, 0.717) is 35.6 Å². The number of nitrogens with zero attached hydrogens (tertiary/aromatic N) is 6. The second kappa shape index (κ2) is 8.43. The maximum atomic E-state index is 12.5. The molecule has 1 fully saturated rings. The normalized spacial score (nSPS) is 16.8. The van der Waals surface area contributed by atoms with Gasteiger partial charge in [0.15, 0.2) is 5.65 Å². The van der Waals surface area contributed by atoms with Crippen molar-refractivity contribution in [3.05, 3.63) is 31.2 Å². The van der Waals surface area contributed by atoms with Crippen LogP contribution in [0.3, 0.4) is 0 Å².